The number of methoxy groups -OCH3 is 2. The number of carbonyl (C=O) groups is 2. The van der Waals surface area contributed by atoms with Gasteiger partial charge in [0.05, 0.1) is 14.2 Å². The van der Waals surface area contributed by atoms with Crippen LogP contribution in [0.4, 0.5) is 0 Å². The first-order valence-electron chi connectivity index (χ1n) is 10.4. The maximum absolute atomic E-state index is 13.1. The highest BCUT2D eigenvalue weighted by Gasteiger charge is 2.27. The quantitative estimate of drug-likeness (QED) is 0.594. The van der Waals surface area contributed by atoms with Crippen molar-refractivity contribution in [1.82, 2.24) is 10.2 Å². The molecule has 2 aromatic carbocycles. The zero-order valence-electron chi connectivity index (χ0n) is 18.9. The van der Waals surface area contributed by atoms with E-state index in [0.29, 0.717) is 17.2 Å². The first-order valence-corrected chi connectivity index (χ1v) is 10.4. The number of benzene rings is 2. The van der Waals surface area contributed by atoms with E-state index in [1.165, 1.54) is 4.90 Å². The molecule has 31 heavy (non-hydrogen) atoms. The Bertz CT molecular complexity index is 853. The van der Waals surface area contributed by atoms with Gasteiger partial charge in [0.2, 0.25) is 5.91 Å². The minimum absolute atomic E-state index is 0.0271. The van der Waals surface area contributed by atoms with Crippen molar-refractivity contribution in [2.45, 2.75) is 45.8 Å². The molecule has 0 spiro atoms. The molecule has 7 nitrogen and oxygen atoms in total. The average Bonchev–Trinajstić information content (AvgIpc) is 2.80. The Morgan fingerprint density at radius 2 is 1.61 bits per heavy atom. The van der Waals surface area contributed by atoms with E-state index in [9.17, 15) is 9.59 Å². The van der Waals surface area contributed by atoms with Crippen molar-refractivity contribution in [3.63, 3.8) is 0 Å². The zero-order chi connectivity index (χ0) is 22.8. The van der Waals surface area contributed by atoms with Gasteiger partial charge in [-0.2, -0.15) is 0 Å². The van der Waals surface area contributed by atoms with Crippen molar-refractivity contribution in [3.05, 3.63) is 54.1 Å². The van der Waals surface area contributed by atoms with Crippen LogP contribution in [0.25, 0.3) is 0 Å². The molecule has 0 bridgehead atoms. The van der Waals surface area contributed by atoms with E-state index in [1.54, 1.807) is 45.4 Å². The molecular formula is C24H32N2O5. The van der Waals surface area contributed by atoms with E-state index in [-0.39, 0.29) is 31.0 Å². The number of rotatable bonds is 11. The average molecular weight is 429 g/mol. The second-order valence-corrected chi connectivity index (χ2v) is 7.33. The SMILES string of the molecule is CC[C@H](C)NC(=O)[C@@H](C)N(Cc1cccc(OC)c1)C(=O)COc1ccc(OC)cc1. The summed E-state index contributed by atoms with van der Waals surface area (Å²) in [5, 5.41) is 2.95. The molecule has 0 aliphatic carbocycles. The minimum atomic E-state index is -0.660. The molecule has 0 aliphatic rings. The van der Waals surface area contributed by atoms with Gasteiger partial charge in [-0.05, 0) is 62.2 Å². The summed E-state index contributed by atoms with van der Waals surface area (Å²) in [6, 6.07) is 13.8. The topological polar surface area (TPSA) is 77.1 Å². The summed E-state index contributed by atoms with van der Waals surface area (Å²) < 4.78 is 16.1. The number of hydrogen-bond acceptors (Lipinski definition) is 5. The highest BCUT2D eigenvalue weighted by Crippen LogP contribution is 2.19. The molecule has 0 saturated carbocycles. The summed E-state index contributed by atoms with van der Waals surface area (Å²) in [5.74, 6) is 1.46. The standard InChI is InChI=1S/C24H32N2O5/c1-6-17(2)25-24(28)18(3)26(15-19-8-7-9-22(14-19)30-5)23(27)16-31-21-12-10-20(29-4)11-13-21/h7-14,17-18H,6,15-16H2,1-5H3,(H,25,28)/t17-,18+/m0/s1. The predicted molar refractivity (Wildman–Crippen MR) is 119 cm³/mol. The third kappa shape index (κ3) is 7.20. The molecule has 2 atom stereocenters. The number of hydrogen-bond donors (Lipinski definition) is 1. The molecule has 2 rings (SSSR count). The summed E-state index contributed by atoms with van der Waals surface area (Å²) in [6.07, 6.45) is 0.808. The molecule has 0 aliphatic heterocycles. The molecule has 7 heteroatoms. The van der Waals surface area contributed by atoms with Crippen molar-refractivity contribution < 1.29 is 23.8 Å². The van der Waals surface area contributed by atoms with Crippen LogP contribution >= 0.6 is 0 Å². The fourth-order valence-electron chi connectivity index (χ4n) is 2.92. The summed E-state index contributed by atoms with van der Waals surface area (Å²) in [5.41, 5.74) is 0.861. The Morgan fingerprint density at radius 3 is 2.23 bits per heavy atom. The van der Waals surface area contributed by atoms with E-state index in [1.807, 2.05) is 38.1 Å². The summed E-state index contributed by atoms with van der Waals surface area (Å²) in [7, 11) is 3.18. The summed E-state index contributed by atoms with van der Waals surface area (Å²) in [4.78, 5) is 27.3. The van der Waals surface area contributed by atoms with E-state index < -0.39 is 6.04 Å². The van der Waals surface area contributed by atoms with Gasteiger partial charge in [-0.3, -0.25) is 9.59 Å². The van der Waals surface area contributed by atoms with Crippen molar-refractivity contribution >= 4 is 11.8 Å². The van der Waals surface area contributed by atoms with Gasteiger partial charge in [0, 0.05) is 12.6 Å². The van der Waals surface area contributed by atoms with Crippen LogP contribution in [0, 0.1) is 0 Å². The number of amides is 2. The van der Waals surface area contributed by atoms with Crippen molar-refractivity contribution in [2.24, 2.45) is 0 Å². The Hall–Kier alpha value is -3.22. The molecule has 1 N–H and O–H groups in total. The van der Waals surface area contributed by atoms with Crippen LogP contribution in [0.5, 0.6) is 17.2 Å². The minimum Gasteiger partial charge on any atom is -0.497 e. The van der Waals surface area contributed by atoms with Gasteiger partial charge in [-0.15, -0.1) is 0 Å². The maximum atomic E-state index is 13.1. The molecule has 0 heterocycles. The van der Waals surface area contributed by atoms with E-state index in [4.69, 9.17) is 14.2 Å². The molecule has 2 aromatic rings. The second kappa shape index (κ2) is 11.8. The first kappa shape index (κ1) is 24.1. The fourth-order valence-corrected chi connectivity index (χ4v) is 2.92. The summed E-state index contributed by atoms with van der Waals surface area (Å²) in [6.45, 7) is 5.74. The van der Waals surface area contributed by atoms with Gasteiger partial charge < -0.3 is 24.4 Å². The fraction of sp³-hybridized carbons (Fsp3) is 0.417. The lowest BCUT2D eigenvalue weighted by atomic mass is 10.1. The number of nitrogens with zero attached hydrogens (tertiary/aromatic N) is 1. The highest BCUT2D eigenvalue weighted by atomic mass is 16.5. The normalized spacial score (nSPS) is 12.4. The number of nitrogens with one attached hydrogen (secondary N) is 1. The van der Waals surface area contributed by atoms with Gasteiger partial charge in [0.1, 0.15) is 23.3 Å². The monoisotopic (exact) mass is 428 g/mol. The lowest BCUT2D eigenvalue weighted by molar-refractivity contribution is -0.142. The predicted octanol–water partition coefficient (Wildman–Crippen LogP) is 3.41. The first-order chi connectivity index (χ1) is 14.9. The number of ether oxygens (including phenoxy) is 3. The van der Waals surface area contributed by atoms with Crippen LogP contribution in [0.15, 0.2) is 48.5 Å². The van der Waals surface area contributed by atoms with Crippen molar-refractivity contribution in [2.75, 3.05) is 20.8 Å². The Balaban J connectivity index is 2.15. The van der Waals surface area contributed by atoms with Gasteiger partial charge in [0.15, 0.2) is 6.61 Å². The van der Waals surface area contributed by atoms with Gasteiger partial charge in [-0.1, -0.05) is 19.1 Å². The molecule has 168 valence electrons. The lowest BCUT2D eigenvalue weighted by Crippen LogP contribution is -2.50. The molecule has 2 amide bonds. The molecule has 0 fully saturated rings. The van der Waals surface area contributed by atoms with Crippen LogP contribution in [0.1, 0.15) is 32.8 Å². The van der Waals surface area contributed by atoms with E-state index in [0.717, 1.165) is 12.0 Å². The van der Waals surface area contributed by atoms with Crippen molar-refractivity contribution in [3.8, 4) is 17.2 Å². The van der Waals surface area contributed by atoms with Crippen LogP contribution < -0.4 is 19.5 Å². The molecular weight excluding hydrogens is 396 g/mol. The Morgan fingerprint density at radius 1 is 0.968 bits per heavy atom. The Labute approximate surface area is 184 Å². The molecule has 0 saturated heterocycles. The van der Waals surface area contributed by atoms with Gasteiger partial charge >= 0.3 is 0 Å². The van der Waals surface area contributed by atoms with Gasteiger partial charge in [0.25, 0.3) is 5.91 Å². The molecule has 0 radical (unpaired) electrons. The van der Waals surface area contributed by atoms with Crippen LogP contribution in [0.2, 0.25) is 0 Å². The Kier molecular flexibility index (Phi) is 9.18. The summed E-state index contributed by atoms with van der Waals surface area (Å²) >= 11 is 0. The van der Waals surface area contributed by atoms with E-state index in [2.05, 4.69) is 5.32 Å². The van der Waals surface area contributed by atoms with Gasteiger partial charge in [-0.25, -0.2) is 0 Å². The second-order valence-electron chi connectivity index (χ2n) is 7.33. The number of carbonyl (C=O) groups excluding carboxylic acids is 2. The zero-order valence-corrected chi connectivity index (χ0v) is 18.9. The third-order valence-corrected chi connectivity index (χ3v) is 5.08. The van der Waals surface area contributed by atoms with Crippen molar-refractivity contribution in [1.29, 1.82) is 0 Å². The van der Waals surface area contributed by atoms with Crippen LogP contribution in [-0.4, -0.2) is 49.6 Å². The lowest BCUT2D eigenvalue weighted by Gasteiger charge is -2.29. The third-order valence-electron chi connectivity index (χ3n) is 5.08. The van der Waals surface area contributed by atoms with E-state index >= 15 is 0 Å². The maximum Gasteiger partial charge on any atom is 0.261 e. The smallest absolute Gasteiger partial charge is 0.261 e. The highest BCUT2D eigenvalue weighted by molar-refractivity contribution is 5.88. The molecule has 0 aromatic heterocycles. The van der Waals surface area contributed by atoms with Crippen LogP contribution in [0.3, 0.4) is 0 Å². The molecule has 0 unspecified atom stereocenters. The van der Waals surface area contributed by atoms with Crippen LogP contribution in [-0.2, 0) is 16.1 Å². The largest absolute Gasteiger partial charge is 0.497 e.